The molecule has 0 N–H and O–H groups in total. The fourth-order valence-corrected chi connectivity index (χ4v) is 1.78. The average Bonchev–Trinajstić information content (AvgIpc) is 2.62. The molecule has 0 atom stereocenters. The predicted octanol–water partition coefficient (Wildman–Crippen LogP) is 1.46. The van der Waals surface area contributed by atoms with E-state index in [1.165, 1.54) is 0 Å². The van der Waals surface area contributed by atoms with Gasteiger partial charge in [-0.15, -0.1) is 0 Å². The lowest BCUT2D eigenvalue weighted by atomic mass is 10.3. The molecule has 2 aromatic rings. The summed E-state index contributed by atoms with van der Waals surface area (Å²) >= 11 is 0. The van der Waals surface area contributed by atoms with E-state index < -0.39 is 0 Å². The minimum absolute atomic E-state index is 0.756. The highest BCUT2D eigenvalue weighted by molar-refractivity contribution is 5.32. The highest BCUT2D eigenvalue weighted by atomic mass is 15.3. The maximum absolute atomic E-state index is 4.42. The molecule has 90 valence electrons. The van der Waals surface area contributed by atoms with Gasteiger partial charge in [0, 0.05) is 43.8 Å². The molecular formula is C12H17N5. The second-order valence-corrected chi connectivity index (χ2v) is 4.33. The van der Waals surface area contributed by atoms with Crippen LogP contribution >= 0.6 is 0 Å². The SMILES string of the molecule is Cc1cc(C)nc(N(C)Cc2cnn(C)c2)n1. The summed E-state index contributed by atoms with van der Waals surface area (Å²) in [5, 5.41) is 4.15. The van der Waals surface area contributed by atoms with Crippen molar-refractivity contribution in [3.63, 3.8) is 0 Å². The van der Waals surface area contributed by atoms with E-state index in [0.29, 0.717) is 0 Å². The van der Waals surface area contributed by atoms with Gasteiger partial charge < -0.3 is 4.90 Å². The third-order valence-corrected chi connectivity index (χ3v) is 2.49. The summed E-state index contributed by atoms with van der Waals surface area (Å²) in [6.45, 7) is 4.73. The molecule has 0 saturated heterocycles. The van der Waals surface area contributed by atoms with Crippen LogP contribution in [0.1, 0.15) is 17.0 Å². The van der Waals surface area contributed by atoms with Gasteiger partial charge in [-0.25, -0.2) is 9.97 Å². The highest BCUT2D eigenvalue weighted by Gasteiger charge is 2.07. The van der Waals surface area contributed by atoms with E-state index in [2.05, 4.69) is 15.1 Å². The Kier molecular flexibility index (Phi) is 3.08. The van der Waals surface area contributed by atoms with Gasteiger partial charge in [-0.05, 0) is 19.9 Å². The second-order valence-electron chi connectivity index (χ2n) is 4.33. The van der Waals surface area contributed by atoms with Crippen molar-refractivity contribution < 1.29 is 0 Å². The van der Waals surface area contributed by atoms with Gasteiger partial charge in [0.1, 0.15) is 0 Å². The van der Waals surface area contributed by atoms with E-state index in [1.54, 1.807) is 4.68 Å². The monoisotopic (exact) mass is 231 g/mol. The fraction of sp³-hybridized carbons (Fsp3) is 0.417. The number of aromatic nitrogens is 4. The van der Waals surface area contributed by atoms with Gasteiger partial charge in [0.05, 0.1) is 6.20 Å². The van der Waals surface area contributed by atoms with Crippen LogP contribution in [0.25, 0.3) is 0 Å². The van der Waals surface area contributed by atoms with Gasteiger partial charge in [0.25, 0.3) is 0 Å². The van der Waals surface area contributed by atoms with Crippen molar-refractivity contribution >= 4 is 5.95 Å². The molecule has 0 aliphatic carbocycles. The van der Waals surface area contributed by atoms with Gasteiger partial charge in [-0.3, -0.25) is 4.68 Å². The number of nitrogens with zero attached hydrogens (tertiary/aromatic N) is 5. The lowest BCUT2D eigenvalue weighted by molar-refractivity contribution is 0.766. The molecule has 2 aromatic heterocycles. The first-order chi connectivity index (χ1) is 8.04. The van der Waals surface area contributed by atoms with Crippen LogP contribution in [0.15, 0.2) is 18.5 Å². The maximum atomic E-state index is 4.42. The molecule has 0 unspecified atom stereocenters. The summed E-state index contributed by atoms with van der Waals surface area (Å²) < 4.78 is 1.80. The molecule has 0 fully saturated rings. The van der Waals surface area contributed by atoms with Crippen LogP contribution in [0.3, 0.4) is 0 Å². The second kappa shape index (κ2) is 4.53. The van der Waals surface area contributed by atoms with Crippen molar-refractivity contribution in [2.45, 2.75) is 20.4 Å². The molecule has 0 amide bonds. The summed E-state index contributed by atoms with van der Waals surface area (Å²) in [7, 11) is 3.90. The molecule has 0 aliphatic rings. The molecular weight excluding hydrogens is 214 g/mol. The normalized spacial score (nSPS) is 10.6. The Bertz CT molecular complexity index is 497. The van der Waals surface area contributed by atoms with Crippen LogP contribution in [-0.2, 0) is 13.6 Å². The smallest absolute Gasteiger partial charge is 0.225 e. The van der Waals surface area contributed by atoms with Gasteiger partial charge in [0.2, 0.25) is 5.95 Å². The first-order valence-corrected chi connectivity index (χ1v) is 5.55. The Morgan fingerprint density at radius 3 is 2.41 bits per heavy atom. The van der Waals surface area contributed by atoms with Crippen molar-refractivity contribution in [3.8, 4) is 0 Å². The van der Waals surface area contributed by atoms with Crippen LogP contribution < -0.4 is 4.90 Å². The molecule has 2 rings (SSSR count). The average molecular weight is 231 g/mol. The zero-order valence-electron chi connectivity index (χ0n) is 10.7. The van der Waals surface area contributed by atoms with E-state index in [0.717, 1.165) is 29.4 Å². The molecule has 5 heteroatoms. The van der Waals surface area contributed by atoms with Crippen molar-refractivity contribution in [3.05, 3.63) is 35.4 Å². The standard InChI is InChI=1S/C12H17N5/c1-9-5-10(2)15-12(14-9)16(3)7-11-6-13-17(4)8-11/h5-6,8H,7H2,1-4H3. The summed E-state index contributed by atoms with van der Waals surface area (Å²) in [5.74, 6) is 0.756. The van der Waals surface area contributed by atoms with Crippen molar-refractivity contribution in [2.75, 3.05) is 11.9 Å². The van der Waals surface area contributed by atoms with Gasteiger partial charge >= 0.3 is 0 Å². The van der Waals surface area contributed by atoms with E-state index in [-0.39, 0.29) is 0 Å². The molecule has 0 aromatic carbocycles. The summed E-state index contributed by atoms with van der Waals surface area (Å²) in [4.78, 5) is 10.9. The number of hydrogen-bond donors (Lipinski definition) is 0. The van der Waals surface area contributed by atoms with Gasteiger partial charge in [0.15, 0.2) is 0 Å². The Balaban J connectivity index is 2.16. The third-order valence-electron chi connectivity index (χ3n) is 2.49. The fourth-order valence-electron chi connectivity index (χ4n) is 1.78. The molecule has 0 bridgehead atoms. The van der Waals surface area contributed by atoms with Crippen LogP contribution in [0, 0.1) is 13.8 Å². The number of anilines is 1. The summed E-state index contributed by atoms with van der Waals surface area (Å²) in [6.07, 6.45) is 3.86. The first kappa shape index (κ1) is 11.6. The number of aryl methyl sites for hydroxylation is 3. The Hall–Kier alpha value is -1.91. The van der Waals surface area contributed by atoms with E-state index in [1.807, 2.05) is 51.3 Å². The van der Waals surface area contributed by atoms with Crippen molar-refractivity contribution in [2.24, 2.45) is 7.05 Å². The van der Waals surface area contributed by atoms with E-state index in [9.17, 15) is 0 Å². The lowest BCUT2D eigenvalue weighted by Crippen LogP contribution is -2.19. The molecule has 0 radical (unpaired) electrons. The number of rotatable bonds is 3. The molecule has 0 spiro atoms. The quantitative estimate of drug-likeness (QED) is 0.802. The lowest BCUT2D eigenvalue weighted by Gasteiger charge is -2.16. The molecule has 5 nitrogen and oxygen atoms in total. The number of hydrogen-bond acceptors (Lipinski definition) is 4. The van der Waals surface area contributed by atoms with Crippen molar-refractivity contribution in [1.82, 2.24) is 19.7 Å². The molecule has 17 heavy (non-hydrogen) atoms. The van der Waals surface area contributed by atoms with Crippen LogP contribution in [0.4, 0.5) is 5.95 Å². The van der Waals surface area contributed by atoms with Crippen LogP contribution in [0.5, 0.6) is 0 Å². The first-order valence-electron chi connectivity index (χ1n) is 5.55. The van der Waals surface area contributed by atoms with Gasteiger partial charge in [-0.2, -0.15) is 5.10 Å². The minimum atomic E-state index is 0.756. The van der Waals surface area contributed by atoms with Crippen LogP contribution in [-0.4, -0.2) is 26.8 Å². The third kappa shape index (κ3) is 2.81. The summed E-state index contributed by atoms with van der Waals surface area (Å²) in [5.41, 5.74) is 3.13. The Labute approximate surface area is 101 Å². The minimum Gasteiger partial charge on any atom is -0.339 e. The maximum Gasteiger partial charge on any atom is 0.225 e. The highest BCUT2D eigenvalue weighted by Crippen LogP contribution is 2.11. The van der Waals surface area contributed by atoms with E-state index >= 15 is 0 Å². The topological polar surface area (TPSA) is 46.8 Å². The Morgan fingerprint density at radius 1 is 1.24 bits per heavy atom. The predicted molar refractivity (Wildman–Crippen MR) is 66.8 cm³/mol. The molecule has 0 aliphatic heterocycles. The summed E-state index contributed by atoms with van der Waals surface area (Å²) in [6, 6.07) is 1.97. The largest absolute Gasteiger partial charge is 0.339 e. The van der Waals surface area contributed by atoms with Crippen LogP contribution in [0.2, 0.25) is 0 Å². The molecule has 0 saturated carbocycles. The zero-order chi connectivity index (χ0) is 12.4. The van der Waals surface area contributed by atoms with Crippen molar-refractivity contribution in [1.29, 1.82) is 0 Å². The van der Waals surface area contributed by atoms with E-state index in [4.69, 9.17) is 0 Å². The van der Waals surface area contributed by atoms with Gasteiger partial charge in [-0.1, -0.05) is 0 Å². The Morgan fingerprint density at radius 2 is 1.88 bits per heavy atom. The zero-order valence-corrected chi connectivity index (χ0v) is 10.7. The molecule has 2 heterocycles.